The van der Waals surface area contributed by atoms with Gasteiger partial charge in [-0.2, -0.15) is 0 Å². The van der Waals surface area contributed by atoms with Gasteiger partial charge in [0, 0.05) is 12.6 Å². The predicted octanol–water partition coefficient (Wildman–Crippen LogP) is 1.85. The van der Waals surface area contributed by atoms with Gasteiger partial charge in [-0.15, -0.1) is 0 Å². The number of amides is 1. The Kier molecular flexibility index (Phi) is 4.43. The minimum Gasteiger partial charge on any atom is -0.479 e. The second-order valence-corrected chi connectivity index (χ2v) is 6.05. The summed E-state index contributed by atoms with van der Waals surface area (Å²) in [7, 11) is 0. The highest BCUT2D eigenvalue weighted by atomic mass is 16.5. The van der Waals surface area contributed by atoms with Crippen LogP contribution in [0.15, 0.2) is 30.3 Å². The number of carbonyl (C=O) groups excluding carboxylic acids is 1. The van der Waals surface area contributed by atoms with Gasteiger partial charge in [-0.3, -0.25) is 4.79 Å². The molecule has 1 aromatic carbocycles. The first-order valence-corrected chi connectivity index (χ1v) is 7.88. The molecule has 118 valence electrons. The summed E-state index contributed by atoms with van der Waals surface area (Å²) in [6.07, 6.45) is 2.35. The lowest BCUT2D eigenvalue weighted by Gasteiger charge is -2.27. The molecule has 3 atom stereocenters. The van der Waals surface area contributed by atoms with Crippen molar-refractivity contribution in [3.63, 3.8) is 0 Å². The highest BCUT2D eigenvalue weighted by molar-refractivity contribution is 5.83. The van der Waals surface area contributed by atoms with Gasteiger partial charge in [0.2, 0.25) is 0 Å². The van der Waals surface area contributed by atoms with Gasteiger partial charge in [0.1, 0.15) is 6.10 Å². The largest absolute Gasteiger partial charge is 0.479 e. The Hall–Kier alpha value is -1.88. The Morgan fingerprint density at radius 3 is 2.55 bits per heavy atom. The quantitative estimate of drug-likeness (QED) is 0.922. The van der Waals surface area contributed by atoms with E-state index in [1.165, 1.54) is 5.56 Å². The summed E-state index contributed by atoms with van der Waals surface area (Å²) >= 11 is 0. The first-order valence-electron chi connectivity index (χ1n) is 7.88. The number of aliphatic carboxylic acids is 1. The molecular weight excluding hydrogens is 282 g/mol. The van der Waals surface area contributed by atoms with Crippen LogP contribution in [0.5, 0.6) is 0 Å². The number of carboxylic acids is 1. The van der Waals surface area contributed by atoms with Crippen molar-refractivity contribution in [2.75, 3.05) is 6.54 Å². The monoisotopic (exact) mass is 303 g/mol. The lowest BCUT2D eigenvalue weighted by Crippen LogP contribution is -2.43. The molecule has 22 heavy (non-hydrogen) atoms. The van der Waals surface area contributed by atoms with Crippen LogP contribution in [0.2, 0.25) is 0 Å². The minimum absolute atomic E-state index is 0.0396. The van der Waals surface area contributed by atoms with E-state index in [0.717, 1.165) is 25.8 Å². The zero-order chi connectivity index (χ0) is 15.5. The molecule has 5 nitrogen and oxygen atoms in total. The van der Waals surface area contributed by atoms with Crippen molar-refractivity contribution < 1.29 is 19.4 Å². The fourth-order valence-electron chi connectivity index (χ4n) is 3.41. The van der Waals surface area contributed by atoms with Crippen molar-refractivity contribution in [3.05, 3.63) is 35.9 Å². The number of carboxylic acid groups (broad SMARTS) is 1. The molecule has 3 rings (SSSR count). The standard InChI is InChI=1S/C17H21NO4/c19-16(14-8-9-15(22-14)17(20)21)18-10-4-7-13(18)11-12-5-2-1-3-6-12/h1-3,5-6,13-15H,4,7-11H2,(H,20,21)/t13?,14-,15+/m0/s1. The zero-order valence-electron chi connectivity index (χ0n) is 12.5. The SMILES string of the molecule is O=C(O)[C@H]1CC[C@@H](C(=O)N2CCCC2Cc2ccccc2)O1. The van der Waals surface area contributed by atoms with Gasteiger partial charge >= 0.3 is 5.97 Å². The Morgan fingerprint density at radius 1 is 1.14 bits per heavy atom. The first kappa shape index (κ1) is 15.0. The van der Waals surface area contributed by atoms with Crippen LogP contribution in [0.4, 0.5) is 0 Å². The molecule has 0 spiro atoms. The molecule has 0 bridgehead atoms. The van der Waals surface area contributed by atoms with E-state index in [2.05, 4.69) is 12.1 Å². The zero-order valence-corrected chi connectivity index (χ0v) is 12.5. The normalized spacial score (nSPS) is 28.0. The molecule has 2 aliphatic heterocycles. The molecule has 0 radical (unpaired) electrons. The van der Waals surface area contributed by atoms with Crippen LogP contribution in [-0.4, -0.2) is 46.7 Å². The molecule has 2 fully saturated rings. The Labute approximate surface area is 129 Å². The van der Waals surface area contributed by atoms with Crippen molar-refractivity contribution >= 4 is 11.9 Å². The summed E-state index contributed by atoms with van der Waals surface area (Å²) < 4.78 is 5.40. The van der Waals surface area contributed by atoms with E-state index in [1.807, 2.05) is 23.1 Å². The molecule has 1 amide bonds. The van der Waals surface area contributed by atoms with E-state index in [1.54, 1.807) is 0 Å². The van der Waals surface area contributed by atoms with Gasteiger partial charge in [0.15, 0.2) is 6.10 Å². The van der Waals surface area contributed by atoms with E-state index in [9.17, 15) is 9.59 Å². The van der Waals surface area contributed by atoms with Gasteiger partial charge in [-0.1, -0.05) is 30.3 Å². The number of likely N-dealkylation sites (tertiary alicyclic amines) is 1. The lowest BCUT2D eigenvalue weighted by molar-refractivity contribution is -0.155. The van der Waals surface area contributed by atoms with E-state index in [0.29, 0.717) is 12.8 Å². The molecule has 2 aliphatic rings. The first-order chi connectivity index (χ1) is 10.6. The smallest absolute Gasteiger partial charge is 0.332 e. The highest BCUT2D eigenvalue weighted by Gasteiger charge is 2.39. The summed E-state index contributed by atoms with van der Waals surface area (Å²) in [4.78, 5) is 25.5. The average molecular weight is 303 g/mol. The second kappa shape index (κ2) is 6.48. The summed E-state index contributed by atoms with van der Waals surface area (Å²) in [6.45, 7) is 0.744. The summed E-state index contributed by atoms with van der Waals surface area (Å²) in [5.74, 6) is -1.01. The Morgan fingerprint density at radius 2 is 1.86 bits per heavy atom. The van der Waals surface area contributed by atoms with Crippen molar-refractivity contribution in [1.29, 1.82) is 0 Å². The molecule has 2 heterocycles. The van der Waals surface area contributed by atoms with E-state index in [4.69, 9.17) is 9.84 Å². The van der Waals surface area contributed by atoms with Gasteiger partial charge in [0.25, 0.3) is 5.91 Å². The van der Waals surface area contributed by atoms with E-state index in [-0.39, 0.29) is 11.9 Å². The van der Waals surface area contributed by atoms with Crippen LogP contribution in [0.1, 0.15) is 31.2 Å². The van der Waals surface area contributed by atoms with Crippen molar-refractivity contribution in [2.24, 2.45) is 0 Å². The third kappa shape index (κ3) is 3.14. The molecule has 0 aromatic heterocycles. The fourth-order valence-corrected chi connectivity index (χ4v) is 3.41. The van der Waals surface area contributed by atoms with Gasteiger partial charge in [-0.05, 0) is 37.7 Å². The maximum absolute atomic E-state index is 12.6. The van der Waals surface area contributed by atoms with Crippen molar-refractivity contribution in [2.45, 2.75) is 50.4 Å². The van der Waals surface area contributed by atoms with Crippen LogP contribution in [0, 0.1) is 0 Å². The van der Waals surface area contributed by atoms with Crippen LogP contribution >= 0.6 is 0 Å². The minimum atomic E-state index is -0.974. The number of nitrogens with zero attached hydrogens (tertiary/aromatic N) is 1. The van der Waals surface area contributed by atoms with E-state index >= 15 is 0 Å². The van der Waals surface area contributed by atoms with Crippen LogP contribution in [0.3, 0.4) is 0 Å². The number of hydrogen-bond acceptors (Lipinski definition) is 3. The average Bonchev–Trinajstić information content (AvgIpc) is 3.17. The van der Waals surface area contributed by atoms with Gasteiger partial charge < -0.3 is 14.7 Å². The van der Waals surface area contributed by atoms with Gasteiger partial charge in [0.05, 0.1) is 0 Å². The fraction of sp³-hybridized carbons (Fsp3) is 0.529. The predicted molar refractivity (Wildman–Crippen MR) is 80.4 cm³/mol. The number of hydrogen-bond donors (Lipinski definition) is 1. The Balaban J connectivity index is 1.63. The molecule has 2 saturated heterocycles. The number of rotatable bonds is 4. The third-order valence-electron chi connectivity index (χ3n) is 4.54. The topological polar surface area (TPSA) is 66.8 Å². The highest BCUT2D eigenvalue weighted by Crippen LogP contribution is 2.27. The number of benzene rings is 1. The molecule has 0 aliphatic carbocycles. The molecule has 0 saturated carbocycles. The maximum atomic E-state index is 12.6. The lowest BCUT2D eigenvalue weighted by atomic mass is 10.0. The number of ether oxygens (including phenoxy) is 1. The molecule has 1 N–H and O–H groups in total. The molecular formula is C17H21NO4. The third-order valence-corrected chi connectivity index (χ3v) is 4.54. The maximum Gasteiger partial charge on any atom is 0.332 e. The summed E-state index contributed by atoms with van der Waals surface area (Å²) in [5, 5.41) is 8.98. The van der Waals surface area contributed by atoms with Crippen LogP contribution in [-0.2, 0) is 20.7 Å². The molecule has 1 unspecified atom stereocenters. The summed E-state index contributed by atoms with van der Waals surface area (Å²) in [6, 6.07) is 10.4. The summed E-state index contributed by atoms with van der Waals surface area (Å²) in [5.41, 5.74) is 1.22. The van der Waals surface area contributed by atoms with Crippen LogP contribution < -0.4 is 0 Å². The van der Waals surface area contributed by atoms with Crippen LogP contribution in [0.25, 0.3) is 0 Å². The van der Waals surface area contributed by atoms with Crippen molar-refractivity contribution in [3.8, 4) is 0 Å². The second-order valence-electron chi connectivity index (χ2n) is 6.05. The number of carbonyl (C=O) groups is 2. The van der Waals surface area contributed by atoms with Crippen molar-refractivity contribution in [1.82, 2.24) is 4.90 Å². The van der Waals surface area contributed by atoms with E-state index < -0.39 is 18.2 Å². The molecule has 1 aromatic rings. The van der Waals surface area contributed by atoms with Gasteiger partial charge in [-0.25, -0.2) is 4.79 Å². The Bertz CT molecular complexity index is 545. The molecule has 5 heteroatoms.